The molecule has 1 aliphatic rings. The Kier molecular flexibility index (Phi) is 3.51. The van der Waals surface area contributed by atoms with Crippen molar-refractivity contribution in [1.82, 2.24) is 9.47 Å². The molecule has 2 aromatic carbocycles. The van der Waals surface area contributed by atoms with Crippen molar-refractivity contribution in [3.05, 3.63) is 84.2 Å². The standard InChI is InChI=1S/C21H21N3/c1-17-8-9-21-18(14-17)15-23(19-10-12-22-13-11-19)16-24(21,2)20-6-4-3-5-7-20/h3-15H,16H2,1-2H3/q+2. The number of benzene rings is 2. The van der Waals surface area contributed by atoms with Crippen LogP contribution in [0.15, 0.2) is 73.1 Å². The zero-order valence-corrected chi connectivity index (χ0v) is 14.1. The van der Waals surface area contributed by atoms with Crippen molar-refractivity contribution in [2.24, 2.45) is 0 Å². The van der Waals surface area contributed by atoms with E-state index in [1.54, 1.807) is 0 Å². The molecule has 1 unspecified atom stereocenters. The molecule has 0 aliphatic carbocycles. The van der Waals surface area contributed by atoms with Crippen LogP contribution in [0.3, 0.4) is 0 Å². The maximum atomic E-state index is 4.15. The second-order valence-electron chi connectivity index (χ2n) is 6.54. The largest absolute Gasteiger partial charge is 0.285 e. The fourth-order valence-electron chi connectivity index (χ4n) is 3.49. The van der Waals surface area contributed by atoms with Crippen molar-refractivity contribution in [1.29, 1.82) is 0 Å². The molecule has 1 aromatic heterocycles. The topological polar surface area (TPSA) is 15.9 Å². The van der Waals surface area contributed by atoms with Gasteiger partial charge < -0.3 is 0 Å². The van der Waals surface area contributed by atoms with E-state index in [1.165, 1.54) is 22.5 Å². The SMILES string of the molecule is Cc1ccc2c(c1)C=[N+](c1ccncc1)C[N+]2(C)c1ccccc1. The van der Waals surface area contributed by atoms with Gasteiger partial charge in [0.05, 0.1) is 7.05 Å². The molecule has 2 heterocycles. The number of aryl methyl sites for hydroxylation is 1. The Balaban J connectivity index is 1.93. The van der Waals surface area contributed by atoms with Crippen LogP contribution in [0.25, 0.3) is 0 Å². The number of rotatable bonds is 2. The van der Waals surface area contributed by atoms with Gasteiger partial charge in [-0.1, -0.05) is 24.3 Å². The lowest BCUT2D eigenvalue weighted by Crippen LogP contribution is -2.48. The summed E-state index contributed by atoms with van der Waals surface area (Å²) in [5.74, 6) is 0. The van der Waals surface area contributed by atoms with E-state index in [9.17, 15) is 0 Å². The number of quaternary nitrogens is 1. The summed E-state index contributed by atoms with van der Waals surface area (Å²) in [6.45, 7) is 3.00. The highest BCUT2D eigenvalue weighted by Gasteiger charge is 2.39. The molecule has 3 aromatic rings. The number of para-hydroxylation sites is 1. The van der Waals surface area contributed by atoms with Crippen LogP contribution in [0.2, 0.25) is 0 Å². The number of fused-ring (bicyclic) bond motifs is 1. The van der Waals surface area contributed by atoms with E-state index in [1.807, 2.05) is 12.4 Å². The molecule has 0 saturated carbocycles. The first kappa shape index (κ1) is 14.8. The normalized spacial score (nSPS) is 19.5. The molecule has 0 spiro atoms. The van der Waals surface area contributed by atoms with Crippen LogP contribution in [-0.2, 0) is 0 Å². The molecular formula is C21H21N3+2. The van der Waals surface area contributed by atoms with Crippen LogP contribution >= 0.6 is 0 Å². The first-order chi connectivity index (χ1) is 11.7. The minimum Gasteiger partial charge on any atom is -0.264 e. The Morgan fingerprint density at radius 1 is 0.958 bits per heavy atom. The predicted octanol–water partition coefficient (Wildman–Crippen LogP) is 4.39. The third kappa shape index (κ3) is 2.43. The summed E-state index contributed by atoms with van der Waals surface area (Å²) in [5, 5.41) is 0. The summed E-state index contributed by atoms with van der Waals surface area (Å²) in [6.07, 6.45) is 5.95. The molecular weight excluding hydrogens is 294 g/mol. The van der Waals surface area contributed by atoms with Crippen molar-refractivity contribution < 1.29 is 4.58 Å². The Labute approximate surface area is 142 Å². The molecule has 3 heteroatoms. The van der Waals surface area contributed by atoms with Gasteiger partial charge >= 0.3 is 0 Å². The molecule has 0 bridgehead atoms. The van der Waals surface area contributed by atoms with E-state index in [-0.39, 0.29) is 0 Å². The molecule has 118 valence electrons. The van der Waals surface area contributed by atoms with Gasteiger partial charge in [-0.3, -0.25) is 4.98 Å². The molecule has 0 saturated heterocycles. The van der Waals surface area contributed by atoms with Crippen LogP contribution < -0.4 is 4.48 Å². The second-order valence-corrected chi connectivity index (χ2v) is 6.54. The highest BCUT2D eigenvalue weighted by Crippen LogP contribution is 2.38. The maximum Gasteiger partial charge on any atom is 0.285 e. The number of hydrogen-bond acceptors (Lipinski definition) is 1. The molecule has 3 nitrogen and oxygen atoms in total. The van der Waals surface area contributed by atoms with E-state index in [0.717, 1.165) is 16.8 Å². The third-order valence-corrected chi connectivity index (χ3v) is 4.77. The average molecular weight is 315 g/mol. The Morgan fingerprint density at radius 3 is 2.46 bits per heavy atom. The summed E-state index contributed by atoms with van der Waals surface area (Å²) in [7, 11) is 2.28. The van der Waals surface area contributed by atoms with Gasteiger partial charge in [0.15, 0.2) is 11.9 Å². The fraction of sp³-hybridized carbons (Fsp3) is 0.143. The van der Waals surface area contributed by atoms with Gasteiger partial charge in [-0.25, -0.2) is 4.48 Å². The highest BCUT2D eigenvalue weighted by atomic mass is 15.4. The number of nitrogens with zero attached hydrogens (tertiary/aromatic N) is 3. The molecule has 0 radical (unpaired) electrons. The van der Waals surface area contributed by atoms with Crippen LogP contribution in [-0.4, -0.2) is 29.5 Å². The quantitative estimate of drug-likeness (QED) is 0.506. The zero-order valence-electron chi connectivity index (χ0n) is 14.1. The van der Waals surface area contributed by atoms with Crippen molar-refractivity contribution in [3.8, 4) is 0 Å². The van der Waals surface area contributed by atoms with Gasteiger partial charge in [0, 0.05) is 30.6 Å². The lowest BCUT2D eigenvalue weighted by molar-refractivity contribution is -0.456. The number of aromatic nitrogens is 1. The lowest BCUT2D eigenvalue weighted by Gasteiger charge is -2.34. The predicted molar refractivity (Wildman–Crippen MR) is 99.2 cm³/mol. The summed E-state index contributed by atoms with van der Waals surface area (Å²) >= 11 is 0. The number of hydrogen-bond donors (Lipinski definition) is 0. The molecule has 0 N–H and O–H groups in total. The number of pyridine rings is 1. The molecule has 4 rings (SSSR count). The van der Waals surface area contributed by atoms with Crippen molar-refractivity contribution >= 4 is 23.3 Å². The Morgan fingerprint density at radius 2 is 1.71 bits per heavy atom. The van der Waals surface area contributed by atoms with Crippen LogP contribution in [0.4, 0.5) is 17.1 Å². The first-order valence-corrected chi connectivity index (χ1v) is 8.21. The monoisotopic (exact) mass is 315 g/mol. The van der Waals surface area contributed by atoms with Gasteiger partial charge in [0.25, 0.3) is 6.67 Å². The van der Waals surface area contributed by atoms with Gasteiger partial charge in [0.2, 0.25) is 5.69 Å². The van der Waals surface area contributed by atoms with Crippen LogP contribution in [0.1, 0.15) is 11.1 Å². The van der Waals surface area contributed by atoms with Gasteiger partial charge in [-0.15, -0.1) is 4.58 Å². The minimum absolute atomic E-state index is 0.745. The summed E-state index contributed by atoms with van der Waals surface area (Å²) in [4.78, 5) is 4.15. The van der Waals surface area contributed by atoms with Gasteiger partial charge in [0.1, 0.15) is 11.3 Å². The third-order valence-electron chi connectivity index (χ3n) is 4.77. The zero-order chi connectivity index (χ0) is 16.6. The second kappa shape index (κ2) is 5.69. The summed E-state index contributed by atoms with van der Waals surface area (Å²) < 4.78 is 3.06. The fourth-order valence-corrected chi connectivity index (χ4v) is 3.49. The summed E-state index contributed by atoms with van der Waals surface area (Å²) in [6, 6.07) is 21.6. The maximum absolute atomic E-state index is 4.15. The molecule has 0 amide bonds. The van der Waals surface area contributed by atoms with Crippen LogP contribution in [0, 0.1) is 6.92 Å². The molecule has 1 aliphatic heterocycles. The van der Waals surface area contributed by atoms with E-state index >= 15 is 0 Å². The average Bonchev–Trinajstić information content (AvgIpc) is 2.63. The lowest BCUT2D eigenvalue weighted by atomic mass is 10.0. The molecule has 0 fully saturated rings. The Hall–Kier alpha value is -2.78. The van der Waals surface area contributed by atoms with E-state index < -0.39 is 0 Å². The highest BCUT2D eigenvalue weighted by molar-refractivity contribution is 5.88. The van der Waals surface area contributed by atoms with E-state index in [2.05, 4.69) is 90.4 Å². The van der Waals surface area contributed by atoms with Crippen LogP contribution in [0.5, 0.6) is 0 Å². The minimum atomic E-state index is 0.745. The van der Waals surface area contributed by atoms with Gasteiger partial charge in [-0.05, 0) is 30.7 Å². The summed E-state index contributed by atoms with van der Waals surface area (Å²) in [5.41, 5.74) is 6.33. The van der Waals surface area contributed by atoms with E-state index in [4.69, 9.17) is 0 Å². The van der Waals surface area contributed by atoms with Crippen molar-refractivity contribution in [2.75, 3.05) is 13.7 Å². The first-order valence-electron chi connectivity index (χ1n) is 8.21. The van der Waals surface area contributed by atoms with Crippen molar-refractivity contribution in [3.63, 3.8) is 0 Å². The molecule has 24 heavy (non-hydrogen) atoms. The van der Waals surface area contributed by atoms with E-state index in [0.29, 0.717) is 0 Å². The van der Waals surface area contributed by atoms with Gasteiger partial charge in [-0.2, -0.15) is 0 Å². The molecule has 1 atom stereocenters. The Bertz CT molecular complexity index is 901. The van der Waals surface area contributed by atoms with Crippen molar-refractivity contribution in [2.45, 2.75) is 6.92 Å². The smallest absolute Gasteiger partial charge is 0.264 e.